The molecule has 2 aliphatic heterocycles. The van der Waals surface area contributed by atoms with Crippen molar-refractivity contribution in [1.82, 2.24) is 10.2 Å². The Kier molecular flexibility index (Phi) is 5.30. The van der Waals surface area contributed by atoms with Gasteiger partial charge in [0, 0.05) is 18.6 Å². The molecule has 0 radical (unpaired) electrons. The molecule has 3 unspecified atom stereocenters. The molecule has 2 rings (SSSR count). The average molecular weight is 238 g/mol. The number of nitrogens with zero attached hydrogens (tertiary/aromatic N) is 1. The minimum absolute atomic E-state index is 0.737. The minimum Gasteiger partial charge on any atom is -0.314 e. The third-order valence-corrected chi connectivity index (χ3v) is 4.70. The van der Waals surface area contributed by atoms with Crippen LogP contribution >= 0.6 is 0 Å². The number of hydrogen-bond acceptors (Lipinski definition) is 2. The second-order valence-electron chi connectivity index (χ2n) is 6.15. The van der Waals surface area contributed by atoms with E-state index in [0.29, 0.717) is 0 Å². The number of likely N-dealkylation sites (tertiary alicyclic amines) is 1. The summed E-state index contributed by atoms with van der Waals surface area (Å²) in [6, 6.07) is 1.61. The zero-order valence-electron chi connectivity index (χ0n) is 11.8. The van der Waals surface area contributed by atoms with Crippen molar-refractivity contribution in [1.29, 1.82) is 0 Å². The first-order valence-electron chi connectivity index (χ1n) is 7.77. The van der Waals surface area contributed by atoms with E-state index in [9.17, 15) is 0 Å². The van der Waals surface area contributed by atoms with Crippen LogP contribution in [0.4, 0.5) is 0 Å². The first kappa shape index (κ1) is 13.4. The van der Waals surface area contributed by atoms with Crippen LogP contribution in [0.15, 0.2) is 0 Å². The highest BCUT2D eigenvalue weighted by atomic mass is 15.2. The van der Waals surface area contributed by atoms with Crippen molar-refractivity contribution >= 4 is 0 Å². The Morgan fingerprint density at radius 3 is 2.82 bits per heavy atom. The molecule has 0 saturated carbocycles. The molecule has 2 fully saturated rings. The molecule has 0 amide bonds. The minimum atomic E-state index is 0.737. The Labute approximate surface area is 107 Å². The normalized spacial score (nSPS) is 36.7. The van der Waals surface area contributed by atoms with Crippen molar-refractivity contribution < 1.29 is 0 Å². The van der Waals surface area contributed by atoms with E-state index < -0.39 is 0 Å². The topological polar surface area (TPSA) is 15.3 Å². The van der Waals surface area contributed by atoms with Gasteiger partial charge in [-0.15, -0.1) is 0 Å². The number of hydrogen-bond donors (Lipinski definition) is 1. The summed E-state index contributed by atoms with van der Waals surface area (Å²) in [4.78, 5) is 2.82. The van der Waals surface area contributed by atoms with Crippen molar-refractivity contribution in [3.8, 4) is 0 Å². The largest absolute Gasteiger partial charge is 0.314 e. The Morgan fingerprint density at radius 2 is 2.06 bits per heavy atom. The van der Waals surface area contributed by atoms with Crippen molar-refractivity contribution in [3.63, 3.8) is 0 Å². The quantitative estimate of drug-likeness (QED) is 0.813. The Bertz CT molecular complexity index is 217. The van der Waals surface area contributed by atoms with E-state index in [1.165, 1.54) is 64.6 Å². The van der Waals surface area contributed by atoms with Gasteiger partial charge in [-0.1, -0.05) is 19.8 Å². The highest BCUT2D eigenvalue weighted by Gasteiger charge is 2.25. The highest BCUT2D eigenvalue weighted by molar-refractivity contribution is 4.81. The Hall–Kier alpha value is -0.0800. The molecule has 100 valence electrons. The zero-order valence-corrected chi connectivity index (χ0v) is 11.8. The fraction of sp³-hybridized carbons (Fsp3) is 1.00. The number of piperidine rings is 1. The van der Waals surface area contributed by atoms with Crippen LogP contribution in [0.3, 0.4) is 0 Å². The Balaban J connectivity index is 1.85. The first-order chi connectivity index (χ1) is 8.29. The molecule has 0 spiro atoms. The standard InChI is InChI=1S/C15H30N2/c1-3-15-7-5-4-6-10-17(15)12-14-8-9-16-13(2)11-14/h13-16H,3-12H2,1-2H3. The predicted molar refractivity (Wildman–Crippen MR) is 74.3 cm³/mol. The molecular weight excluding hydrogens is 208 g/mol. The lowest BCUT2D eigenvalue weighted by Gasteiger charge is -2.36. The van der Waals surface area contributed by atoms with E-state index >= 15 is 0 Å². The lowest BCUT2D eigenvalue weighted by Crippen LogP contribution is -2.43. The van der Waals surface area contributed by atoms with E-state index in [1.807, 2.05) is 0 Å². The molecule has 2 aliphatic rings. The van der Waals surface area contributed by atoms with Gasteiger partial charge < -0.3 is 10.2 Å². The van der Waals surface area contributed by atoms with E-state index in [1.54, 1.807) is 0 Å². The zero-order chi connectivity index (χ0) is 12.1. The van der Waals surface area contributed by atoms with Crippen molar-refractivity contribution in [2.24, 2.45) is 5.92 Å². The van der Waals surface area contributed by atoms with Crippen molar-refractivity contribution in [3.05, 3.63) is 0 Å². The van der Waals surface area contributed by atoms with Crippen LogP contribution in [0.1, 0.15) is 58.8 Å². The lowest BCUT2D eigenvalue weighted by atomic mass is 9.92. The monoisotopic (exact) mass is 238 g/mol. The van der Waals surface area contributed by atoms with Gasteiger partial charge in [0.1, 0.15) is 0 Å². The van der Waals surface area contributed by atoms with Gasteiger partial charge in [0.2, 0.25) is 0 Å². The molecule has 2 heterocycles. The molecule has 2 saturated heterocycles. The third kappa shape index (κ3) is 3.96. The predicted octanol–water partition coefficient (Wildman–Crippen LogP) is 3.03. The van der Waals surface area contributed by atoms with E-state index in [-0.39, 0.29) is 0 Å². The second kappa shape index (κ2) is 6.75. The third-order valence-electron chi connectivity index (χ3n) is 4.70. The van der Waals surface area contributed by atoms with Crippen LogP contribution in [0.2, 0.25) is 0 Å². The molecule has 2 nitrogen and oxygen atoms in total. The smallest absolute Gasteiger partial charge is 0.00927 e. The van der Waals surface area contributed by atoms with Gasteiger partial charge in [-0.3, -0.25) is 0 Å². The molecule has 0 bridgehead atoms. The summed E-state index contributed by atoms with van der Waals surface area (Å²) in [5.41, 5.74) is 0. The first-order valence-corrected chi connectivity index (χ1v) is 7.77. The molecule has 0 aromatic carbocycles. The van der Waals surface area contributed by atoms with Crippen LogP contribution in [-0.4, -0.2) is 36.6 Å². The highest BCUT2D eigenvalue weighted by Crippen LogP contribution is 2.24. The van der Waals surface area contributed by atoms with Crippen LogP contribution < -0.4 is 5.32 Å². The van der Waals surface area contributed by atoms with Crippen molar-refractivity contribution in [2.75, 3.05) is 19.6 Å². The van der Waals surface area contributed by atoms with Crippen LogP contribution in [-0.2, 0) is 0 Å². The van der Waals surface area contributed by atoms with Crippen LogP contribution in [0, 0.1) is 5.92 Å². The summed E-state index contributed by atoms with van der Waals surface area (Å²) in [6.07, 6.45) is 9.89. The summed E-state index contributed by atoms with van der Waals surface area (Å²) in [5.74, 6) is 0.943. The van der Waals surface area contributed by atoms with Gasteiger partial charge in [-0.2, -0.15) is 0 Å². The van der Waals surface area contributed by atoms with Gasteiger partial charge in [0.15, 0.2) is 0 Å². The molecular formula is C15H30N2. The van der Waals surface area contributed by atoms with Gasteiger partial charge >= 0.3 is 0 Å². The van der Waals surface area contributed by atoms with E-state index in [0.717, 1.165) is 18.0 Å². The number of rotatable bonds is 3. The molecule has 0 aliphatic carbocycles. The molecule has 2 heteroatoms. The van der Waals surface area contributed by atoms with Gasteiger partial charge in [-0.05, 0) is 58.0 Å². The molecule has 0 aromatic rings. The summed E-state index contributed by atoms with van der Waals surface area (Å²) in [6.45, 7) is 8.66. The summed E-state index contributed by atoms with van der Waals surface area (Å²) >= 11 is 0. The van der Waals surface area contributed by atoms with Crippen LogP contribution in [0.25, 0.3) is 0 Å². The summed E-state index contributed by atoms with van der Waals surface area (Å²) < 4.78 is 0. The molecule has 3 atom stereocenters. The SMILES string of the molecule is CCC1CCCCCN1CC1CCNC(C)C1. The second-order valence-corrected chi connectivity index (χ2v) is 6.15. The fourth-order valence-corrected chi connectivity index (χ4v) is 3.67. The van der Waals surface area contributed by atoms with Gasteiger partial charge in [0.25, 0.3) is 0 Å². The Morgan fingerprint density at radius 1 is 1.18 bits per heavy atom. The maximum atomic E-state index is 3.57. The summed E-state index contributed by atoms with van der Waals surface area (Å²) in [7, 11) is 0. The maximum Gasteiger partial charge on any atom is 0.00927 e. The lowest BCUT2D eigenvalue weighted by molar-refractivity contribution is 0.143. The fourth-order valence-electron chi connectivity index (χ4n) is 3.67. The van der Waals surface area contributed by atoms with E-state index in [4.69, 9.17) is 0 Å². The number of nitrogens with one attached hydrogen (secondary N) is 1. The van der Waals surface area contributed by atoms with Gasteiger partial charge in [-0.25, -0.2) is 0 Å². The summed E-state index contributed by atoms with van der Waals surface area (Å²) in [5, 5.41) is 3.57. The maximum absolute atomic E-state index is 3.57. The molecule has 1 N–H and O–H groups in total. The average Bonchev–Trinajstić information content (AvgIpc) is 2.54. The van der Waals surface area contributed by atoms with Crippen LogP contribution in [0.5, 0.6) is 0 Å². The molecule has 0 aromatic heterocycles. The van der Waals surface area contributed by atoms with Gasteiger partial charge in [0.05, 0.1) is 0 Å². The molecule has 17 heavy (non-hydrogen) atoms. The van der Waals surface area contributed by atoms with Crippen molar-refractivity contribution in [2.45, 2.75) is 70.9 Å². The van der Waals surface area contributed by atoms with E-state index in [2.05, 4.69) is 24.1 Å².